The minimum absolute atomic E-state index is 0.0704. The van der Waals surface area contributed by atoms with E-state index in [9.17, 15) is 19.8 Å². The fourth-order valence-corrected chi connectivity index (χ4v) is 3.50. The molecule has 0 saturated carbocycles. The lowest BCUT2D eigenvalue weighted by molar-refractivity contribution is -0.149. The predicted molar refractivity (Wildman–Crippen MR) is 126 cm³/mol. The van der Waals surface area contributed by atoms with Crippen molar-refractivity contribution >= 4 is 18.1 Å². The Labute approximate surface area is 197 Å². The molecule has 9 heteroatoms. The number of aliphatic carboxylic acids is 1. The first-order valence-electron chi connectivity index (χ1n) is 10.5. The van der Waals surface area contributed by atoms with Crippen LogP contribution in [-0.4, -0.2) is 65.0 Å². The number of rotatable bonds is 9. The molecule has 1 heterocycles. The maximum Gasteiger partial charge on any atom is 0.331 e. The molecular weight excluding hydrogens is 438 g/mol. The number of carboxylic acid groups (broad SMARTS) is 1. The lowest BCUT2D eigenvalue weighted by Crippen LogP contribution is -2.56. The van der Waals surface area contributed by atoms with Crippen LogP contribution >= 0.6 is 0 Å². The summed E-state index contributed by atoms with van der Waals surface area (Å²) in [6.07, 6.45) is 5.38. The normalized spacial score (nSPS) is 18.4. The Morgan fingerprint density at radius 1 is 1.15 bits per heavy atom. The van der Waals surface area contributed by atoms with Crippen molar-refractivity contribution in [3.05, 3.63) is 89.6 Å². The van der Waals surface area contributed by atoms with Gasteiger partial charge in [0.2, 0.25) is 5.72 Å². The van der Waals surface area contributed by atoms with E-state index in [4.69, 9.17) is 9.57 Å². The van der Waals surface area contributed by atoms with E-state index in [0.29, 0.717) is 11.3 Å². The van der Waals surface area contributed by atoms with Gasteiger partial charge >= 0.3 is 5.97 Å². The van der Waals surface area contributed by atoms with Gasteiger partial charge in [-0.05, 0) is 35.4 Å². The first-order valence-corrected chi connectivity index (χ1v) is 10.5. The number of hydrogen-bond donors (Lipinski definition) is 2. The molecule has 34 heavy (non-hydrogen) atoms. The lowest BCUT2D eigenvalue weighted by atomic mass is 9.93. The highest BCUT2D eigenvalue weighted by atomic mass is 16.6. The number of carbonyl (C=O) groups excluding carboxylic acids is 1. The second-order valence-corrected chi connectivity index (χ2v) is 7.76. The Morgan fingerprint density at radius 3 is 2.41 bits per heavy atom. The molecule has 1 aliphatic heterocycles. The Hall–Kier alpha value is -4.11. The van der Waals surface area contributed by atoms with Crippen molar-refractivity contribution in [2.45, 2.75) is 18.4 Å². The molecule has 2 aromatic rings. The molecule has 0 aromatic heterocycles. The average molecular weight is 466 g/mol. The molecule has 2 N–H and O–H groups in total. The third kappa shape index (κ3) is 5.26. The summed E-state index contributed by atoms with van der Waals surface area (Å²) < 4.78 is 5.13. The second kappa shape index (κ2) is 10.7. The number of carbonyl (C=O) groups is 2. The monoisotopic (exact) mass is 465 g/mol. The Balaban J connectivity index is 1.93. The van der Waals surface area contributed by atoms with Crippen molar-refractivity contribution < 1.29 is 29.4 Å². The third-order valence-electron chi connectivity index (χ3n) is 5.26. The largest absolute Gasteiger partial charge is 0.497 e. The second-order valence-electron chi connectivity index (χ2n) is 7.76. The molecule has 2 atom stereocenters. The molecule has 0 saturated heterocycles. The van der Waals surface area contributed by atoms with Crippen LogP contribution in [0.4, 0.5) is 0 Å². The first-order chi connectivity index (χ1) is 16.3. The molecule has 0 bridgehead atoms. The molecule has 2 aromatic carbocycles. The maximum absolute atomic E-state index is 12.9. The third-order valence-corrected chi connectivity index (χ3v) is 5.26. The van der Waals surface area contributed by atoms with E-state index < -0.39 is 23.6 Å². The minimum atomic E-state index is -2.19. The van der Waals surface area contributed by atoms with Crippen LogP contribution < -0.4 is 4.74 Å². The number of methoxy groups -OCH3 is 1. The Kier molecular flexibility index (Phi) is 7.70. The van der Waals surface area contributed by atoms with Crippen LogP contribution in [0.1, 0.15) is 17.2 Å². The van der Waals surface area contributed by atoms with E-state index in [0.717, 1.165) is 11.8 Å². The van der Waals surface area contributed by atoms with Gasteiger partial charge in [-0.25, -0.2) is 4.79 Å². The molecule has 3 rings (SSSR count). The molecule has 178 valence electrons. The zero-order valence-electron chi connectivity index (χ0n) is 19.2. The standard InChI is InChI=1S/C25H27N3O6/c1-27(2)23(29)21-10-7-15-28(22(24(30)31)19-8-5-4-6-9-19)25(21,32)17-26-34-16-18-11-13-20(33-3)14-12-18/h4-15,17,22,32H,16H2,1-3H3,(H,30,31). The number of allylic oxidation sites excluding steroid dienone is 2. The van der Waals surface area contributed by atoms with Crippen molar-refractivity contribution in [3.8, 4) is 5.75 Å². The molecule has 1 amide bonds. The van der Waals surface area contributed by atoms with Gasteiger partial charge in [0.15, 0.2) is 6.04 Å². The van der Waals surface area contributed by atoms with Crippen LogP contribution in [0, 0.1) is 0 Å². The van der Waals surface area contributed by atoms with Crippen molar-refractivity contribution in [3.63, 3.8) is 0 Å². The SMILES string of the molecule is COc1ccc(CON=CC2(O)C(C(=O)N(C)C)=CC=CN2C(C(=O)O)c2ccccc2)cc1. The zero-order chi connectivity index (χ0) is 24.7. The van der Waals surface area contributed by atoms with E-state index >= 15 is 0 Å². The summed E-state index contributed by atoms with van der Waals surface area (Å²) >= 11 is 0. The summed E-state index contributed by atoms with van der Waals surface area (Å²) in [5.74, 6) is -1.01. The molecule has 9 nitrogen and oxygen atoms in total. The molecule has 0 fully saturated rings. The minimum Gasteiger partial charge on any atom is -0.497 e. The van der Waals surface area contributed by atoms with E-state index in [2.05, 4.69) is 5.16 Å². The van der Waals surface area contributed by atoms with Crippen molar-refractivity contribution in [2.24, 2.45) is 5.16 Å². The fourth-order valence-electron chi connectivity index (χ4n) is 3.50. The van der Waals surface area contributed by atoms with Gasteiger partial charge in [-0.2, -0.15) is 0 Å². The van der Waals surface area contributed by atoms with Crippen molar-refractivity contribution in [1.29, 1.82) is 0 Å². The van der Waals surface area contributed by atoms with Crippen LogP contribution in [0.15, 0.2) is 83.7 Å². The summed E-state index contributed by atoms with van der Waals surface area (Å²) in [4.78, 5) is 33.0. The van der Waals surface area contributed by atoms with E-state index in [1.165, 1.54) is 42.2 Å². The summed E-state index contributed by atoms with van der Waals surface area (Å²) in [6.45, 7) is 0.0914. The van der Waals surface area contributed by atoms with Crippen molar-refractivity contribution in [1.82, 2.24) is 9.80 Å². The Bertz CT molecular complexity index is 1100. The van der Waals surface area contributed by atoms with E-state index in [-0.39, 0.29) is 12.2 Å². The Morgan fingerprint density at radius 2 is 1.82 bits per heavy atom. The number of aliphatic hydroxyl groups is 1. The number of carboxylic acids is 1. The fraction of sp³-hybridized carbons (Fsp3) is 0.240. The number of nitrogens with zero attached hydrogens (tertiary/aromatic N) is 3. The van der Waals surface area contributed by atoms with Gasteiger partial charge in [-0.1, -0.05) is 47.6 Å². The van der Waals surface area contributed by atoms with Gasteiger partial charge in [0, 0.05) is 20.3 Å². The lowest BCUT2D eigenvalue weighted by Gasteiger charge is -2.42. The highest BCUT2D eigenvalue weighted by molar-refractivity contribution is 6.01. The molecule has 0 aliphatic carbocycles. The smallest absolute Gasteiger partial charge is 0.331 e. The summed E-state index contributed by atoms with van der Waals surface area (Å²) in [5, 5.41) is 25.6. The van der Waals surface area contributed by atoms with Crippen LogP contribution in [0.3, 0.4) is 0 Å². The van der Waals surface area contributed by atoms with Crippen LogP contribution in [0.25, 0.3) is 0 Å². The van der Waals surface area contributed by atoms with Gasteiger partial charge in [-0.3, -0.25) is 4.79 Å². The summed E-state index contributed by atoms with van der Waals surface area (Å²) in [6, 6.07) is 14.3. The molecule has 1 aliphatic rings. The predicted octanol–water partition coefficient (Wildman–Crippen LogP) is 2.56. The first kappa shape index (κ1) is 24.5. The van der Waals surface area contributed by atoms with E-state index in [1.54, 1.807) is 61.7 Å². The van der Waals surface area contributed by atoms with E-state index in [1.807, 2.05) is 0 Å². The molecular formula is C25H27N3O6. The van der Waals surface area contributed by atoms with Gasteiger partial charge in [0.25, 0.3) is 5.91 Å². The van der Waals surface area contributed by atoms with Gasteiger partial charge in [-0.15, -0.1) is 0 Å². The highest BCUT2D eigenvalue weighted by Gasteiger charge is 2.46. The maximum atomic E-state index is 12.9. The number of hydrogen-bond acceptors (Lipinski definition) is 7. The number of likely N-dealkylation sites (N-methyl/N-ethyl adjacent to an activating group) is 1. The molecule has 0 spiro atoms. The van der Waals surface area contributed by atoms with Gasteiger partial charge in [0.1, 0.15) is 18.6 Å². The van der Waals surface area contributed by atoms with Crippen LogP contribution in [-0.2, 0) is 21.0 Å². The number of benzene rings is 2. The summed E-state index contributed by atoms with van der Waals surface area (Å²) in [7, 11) is 4.64. The topological polar surface area (TPSA) is 112 Å². The number of ether oxygens (including phenoxy) is 1. The zero-order valence-corrected chi connectivity index (χ0v) is 19.2. The van der Waals surface area contributed by atoms with Gasteiger partial charge < -0.3 is 29.6 Å². The van der Waals surface area contributed by atoms with Crippen molar-refractivity contribution in [2.75, 3.05) is 21.2 Å². The molecule has 0 radical (unpaired) electrons. The number of amides is 1. The van der Waals surface area contributed by atoms with Crippen LogP contribution in [0.5, 0.6) is 5.75 Å². The summed E-state index contributed by atoms with van der Waals surface area (Å²) in [5.41, 5.74) is -1.03. The quantitative estimate of drug-likeness (QED) is 0.432. The van der Waals surface area contributed by atoms with Crippen LogP contribution in [0.2, 0.25) is 0 Å². The highest BCUT2D eigenvalue weighted by Crippen LogP contribution is 2.35. The number of oxime groups is 1. The van der Waals surface area contributed by atoms with Gasteiger partial charge in [0.05, 0.1) is 12.7 Å². The average Bonchev–Trinajstić information content (AvgIpc) is 2.83. The molecule has 2 unspecified atom stereocenters.